The summed E-state index contributed by atoms with van der Waals surface area (Å²) in [7, 11) is 0. The molecular formula is C14H19N3O2. The molecule has 0 aromatic heterocycles. The number of benzene rings is 1. The Balaban J connectivity index is 1.95. The van der Waals surface area contributed by atoms with Gasteiger partial charge in [-0.3, -0.25) is 9.59 Å². The summed E-state index contributed by atoms with van der Waals surface area (Å²) in [6, 6.07) is 7.79. The maximum atomic E-state index is 12.1. The first-order chi connectivity index (χ1) is 9.03. The average Bonchev–Trinajstić information content (AvgIpc) is 2.77. The molecule has 5 nitrogen and oxygen atoms in total. The maximum Gasteiger partial charge on any atom is 0.228 e. The summed E-state index contributed by atoms with van der Waals surface area (Å²) in [6.45, 7) is 3.14. The molecule has 2 amide bonds. The second-order valence-electron chi connectivity index (χ2n) is 5.22. The fourth-order valence-corrected chi connectivity index (χ4v) is 2.20. The van der Waals surface area contributed by atoms with E-state index >= 15 is 0 Å². The van der Waals surface area contributed by atoms with Crippen molar-refractivity contribution in [2.45, 2.75) is 26.4 Å². The van der Waals surface area contributed by atoms with Gasteiger partial charge in [0.1, 0.15) is 0 Å². The summed E-state index contributed by atoms with van der Waals surface area (Å²) >= 11 is 0. The van der Waals surface area contributed by atoms with Crippen LogP contribution in [0.2, 0.25) is 0 Å². The second kappa shape index (κ2) is 5.40. The summed E-state index contributed by atoms with van der Waals surface area (Å²) in [4.78, 5) is 23.3. The number of rotatable bonds is 4. The van der Waals surface area contributed by atoms with Gasteiger partial charge < -0.3 is 16.4 Å². The Hall–Kier alpha value is -1.88. The average molecular weight is 261 g/mol. The minimum Gasteiger partial charge on any atom is -0.355 e. The summed E-state index contributed by atoms with van der Waals surface area (Å²) in [5.74, 6) is -0.160. The lowest BCUT2D eigenvalue weighted by atomic mass is 9.88. The van der Waals surface area contributed by atoms with E-state index in [1.54, 1.807) is 6.92 Å². The molecule has 0 aliphatic carbocycles. The van der Waals surface area contributed by atoms with E-state index in [1.165, 1.54) is 0 Å². The molecule has 0 bridgehead atoms. The van der Waals surface area contributed by atoms with Crippen LogP contribution in [-0.2, 0) is 22.7 Å². The van der Waals surface area contributed by atoms with Crippen LogP contribution in [0.1, 0.15) is 24.5 Å². The van der Waals surface area contributed by atoms with Crippen molar-refractivity contribution in [3.05, 3.63) is 35.4 Å². The Kier molecular flexibility index (Phi) is 3.85. The topological polar surface area (TPSA) is 84.2 Å². The first-order valence-electron chi connectivity index (χ1n) is 6.36. The highest BCUT2D eigenvalue weighted by atomic mass is 16.2. The number of hydrogen-bond donors (Lipinski definition) is 3. The van der Waals surface area contributed by atoms with Crippen LogP contribution in [0.5, 0.6) is 0 Å². The number of nitrogens with two attached hydrogens (primary N) is 1. The molecule has 1 aliphatic heterocycles. The third-order valence-corrected chi connectivity index (χ3v) is 3.45. The molecule has 1 saturated heterocycles. The van der Waals surface area contributed by atoms with Crippen molar-refractivity contribution >= 4 is 11.8 Å². The molecule has 19 heavy (non-hydrogen) atoms. The van der Waals surface area contributed by atoms with Gasteiger partial charge in [0.25, 0.3) is 0 Å². The minimum absolute atomic E-state index is 0.0669. The fraction of sp³-hybridized carbons (Fsp3) is 0.429. The van der Waals surface area contributed by atoms with Gasteiger partial charge in [-0.05, 0) is 18.1 Å². The maximum absolute atomic E-state index is 12.1. The van der Waals surface area contributed by atoms with Gasteiger partial charge in [0.05, 0.1) is 5.41 Å². The van der Waals surface area contributed by atoms with E-state index in [-0.39, 0.29) is 18.2 Å². The number of hydrogen-bond acceptors (Lipinski definition) is 3. The zero-order valence-corrected chi connectivity index (χ0v) is 11.0. The normalized spacial score (nSPS) is 22.1. The number of carbonyl (C=O) groups is 2. The van der Waals surface area contributed by atoms with Crippen LogP contribution in [0, 0.1) is 5.41 Å². The van der Waals surface area contributed by atoms with Crippen molar-refractivity contribution in [1.82, 2.24) is 10.6 Å². The molecular weight excluding hydrogens is 242 g/mol. The predicted molar refractivity (Wildman–Crippen MR) is 71.9 cm³/mol. The van der Waals surface area contributed by atoms with E-state index in [0.29, 0.717) is 19.6 Å². The molecule has 1 aromatic carbocycles. The zero-order valence-electron chi connectivity index (χ0n) is 11.0. The van der Waals surface area contributed by atoms with Gasteiger partial charge in [-0.15, -0.1) is 0 Å². The van der Waals surface area contributed by atoms with Crippen LogP contribution in [0.3, 0.4) is 0 Å². The first kappa shape index (κ1) is 13.5. The second-order valence-corrected chi connectivity index (χ2v) is 5.22. The third kappa shape index (κ3) is 3.12. The lowest BCUT2D eigenvalue weighted by Gasteiger charge is -2.20. The largest absolute Gasteiger partial charge is 0.355 e. The lowest BCUT2D eigenvalue weighted by Crippen LogP contribution is -2.40. The summed E-state index contributed by atoms with van der Waals surface area (Å²) in [5, 5.41) is 5.57. The number of amides is 2. The van der Waals surface area contributed by atoms with E-state index < -0.39 is 5.41 Å². The summed E-state index contributed by atoms with van der Waals surface area (Å²) < 4.78 is 0. The number of nitrogens with one attached hydrogen (secondary N) is 2. The van der Waals surface area contributed by atoms with Crippen LogP contribution >= 0.6 is 0 Å². The molecule has 102 valence electrons. The van der Waals surface area contributed by atoms with Gasteiger partial charge in [-0.25, -0.2) is 0 Å². The molecule has 0 radical (unpaired) electrons. The lowest BCUT2D eigenvalue weighted by molar-refractivity contribution is -0.131. The van der Waals surface area contributed by atoms with Crippen molar-refractivity contribution in [2.24, 2.45) is 11.1 Å². The molecule has 0 spiro atoms. The summed E-state index contributed by atoms with van der Waals surface area (Å²) in [5.41, 5.74) is 6.99. The van der Waals surface area contributed by atoms with Gasteiger partial charge in [-0.2, -0.15) is 0 Å². The molecule has 1 atom stereocenters. The minimum atomic E-state index is -0.636. The quantitative estimate of drug-likeness (QED) is 0.728. The Labute approximate surface area is 112 Å². The molecule has 1 heterocycles. The van der Waals surface area contributed by atoms with Gasteiger partial charge >= 0.3 is 0 Å². The Bertz CT molecular complexity index is 501. The van der Waals surface area contributed by atoms with Crippen LogP contribution in [0.15, 0.2) is 24.3 Å². The first-order valence-corrected chi connectivity index (χ1v) is 6.36. The number of carbonyl (C=O) groups excluding carboxylic acids is 2. The van der Waals surface area contributed by atoms with Crippen molar-refractivity contribution in [2.75, 3.05) is 6.54 Å². The highest BCUT2D eigenvalue weighted by molar-refractivity contribution is 5.92. The van der Waals surface area contributed by atoms with Gasteiger partial charge in [0.2, 0.25) is 11.8 Å². The van der Waals surface area contributed by atoms with Crippen LogP contribution in [0.25, 0.3) is 0 Å². The molecule has 5 heteroatoms. The molecule has 1 aromatic rings. The standard InChI is InChI=1S/C14H19N3O2/c1-14(6-12(18)17-9-14)13(19)16-8-11-4-2-3-10(5-11)7-15/h2-5H,6-9,15H2,1H3,(H,16,19)(H,17,18). The van der Waals surface area contributed by atoms with E-state index in [1.807, 2.05) is 24.3 Å². The Morgan fingerprint density at radius 1 is 1.47 bits per heavy atom. The SMILES string of the molecule is CC1(C(=O)NCc2cccc(CN)c2)CNC(=O)C1. The third-order valence-electron chi connectivity index (χ3n) is 3.45. The summed E-state index contributed by atoms with van der Waals surface area (Å²) in [6.07, 6.45) is 0.252. The van der Waals surface area contributed by atoms with E-state index in [2.05, 4.69) is 10.6 Å². The van der Waals surface area contributed by atoms with E-state index in [9.17, 15) is 9.59 Å². The highest BCUT2D eigenvalue weighted by Gasteiger charge is 2.40. The van der Waals surface area contributed by atoms with Crippen molar-refractivity contribution in [3.63, 3.8) is 0 Å². The zero-order chi connectivity index (χ0) is 13.9. The molecule has 2 rings (SSSR count). The molecule has 0 saturated carbocycles. The van der Waals surface area contributed by atoms with E-state index in [4.69, 9.17) is 5.73 Å². The van der Waals surface area contributed by atoms with Crippen molar-refractivity contribution in [1.29, 1.82) is 0 Å². The van der Waals surface area contributed by atoms with Crippen molar-refractivity contribution in [3.8, 4) is 0 Å². The van der Waals surface area contributed by atoms with Crippen LogP contribution in [0.4, 0.5) is 0 Å². The molecule has 1 unspecified atom stereocenters. The highest BCUT2D eigenvalue weighted by Crippen LogP contribution is 2.25. The monoisotopic (exact) mass is 261 g/mol. The fourth-order valence-electron chi connectivity index (χ4n) is 2.20. The molecule has 1 aliphatic rings. The predicted octanol–water partition coefficient (Wildman–Crippen LogP) is 0.288. The molecule has 4 N–H and O–H groups in total. The van der Waals surface area contributed by atoms with Crippen molar-refractivity contribution < 1.29 is 9.59 Å². The van der Waals surface area contributed by atoms with E-state index in [0.717, 1.165) is 11.1 Å². The van der Waals surface area contributed by atoms with Crippen LogP contribution in [-0.4, -0.2) is 18.4 Å². The van der Waals surface area contributed by atoms with Crippen LogP contribution < -0.4 is 16.4 Å². The Morgan fingerprint density at radius 3 is 2.84 bits per heavy atom. The van der Waals surface area contributed by atoms with Gasteiger partial charge in [-0.1, -0.05) is 24.3 Å². The Morgan fingerprint density at radius 2 is 2.21 bits per heavy atom. The van der Waals surface area contributed by atoms with Gasteiger partial charge in [0.15, 0.2) is 0 Å². The smallest absolute Gasteiger partial charge is 0.228 e. The molecule has 1 fully saturated rings. The van der Waals surface area contributed by atoms with Gasteiger partial charge in [0, 0.05) is 26.1 Å².